The summed E-state index contributed by atoms with van der Waals surface area (Å²) in [6.07, 6.45) is 1.67. The molecule has 0 spiro atoms. The molecule has 6 nitrogen and oxygen atoms in total. The maximum absolute atomic E-state index is 12.2. The quantitative estimate of drug-likeness (QED) is 0.643. The van der Waals surface area contributed by atoms with Gasteiger partial charge in [0, 0.05) is 27.2 Å². The Bertz CT molecular complexity index is 886. The minimum Gasteiger partial charge on any atom is -0.464 e. The number of carbonyl (C=O) groups is 2. The van der Waals surface area contributed by atoms with Gasteiger partial charge in [0.05, 0.1) is 12.8 Å². The number of nitrogens with zero attached hydrogens (tertiary/aromatic N) is 1. The second kappa shape index (κ2) is 6.98. The van der Waals surface area contributed by atoms with Crippen LogP contribution in [0.15, 0.2) is 46.4 Å². The van der Waals surface area contributed by atoms with Gasteiger partial charge in [-0.15, -0.1) is 11.3 Å². The topological polar surface area (TPSA) is 84.1 Å². The van der Waals surface area contributed by atoms with Crippen molar-refractivity contribution in [2.45, 2.75) is 0 Å². The standard InChI is InChI=1S/C16H12BrN3O3S/c1-23-15(22)12-6-10(7-18-12)13-8-24-16(19-13)20-14(21)9-2-4-11(17)5-3-9/h2-8,18H,1H3,(H,19,20,21). The van der Waals surface area contributed by atoms with E-state index in [1.807, 2.05) is 0 Å². The van der Waals surface area contributed by atoms with Crippen molar-refractivity contribution < 1.29 is 14.3 Å². The first-order chi connectivity index (χ1) is 11.6. The number of rotatable bonds is 4. The summed E-state index contributed by atoms with van der Waals surface area (Å²) in [6, 6.07) is 8.71. The highest BCUT2D eigenvalue weighted by molar-refractivity contribution is 9.10. The van der Waals surface area contributed by atoms with Gasteiger partial charge in [0.2, 0.25) is 0 Å². The number of amides is 1. The Morgan fingerprint density at radius 3 is 2.75 bits per heavy atom. The third-order valence-electron chi connectivity index (χ3n) is 3.22. The lowest BCUT2D eigenvalue weighted by atomic mass is 10.2. The summed E-state index contributed by atoms with van der Waals surface area (Å²) in [7, 11) is 1.32. The van der Waals surface area contributed by atoms with Crippen molar-refractivity contribution in [1.29, 1.82) is 0 Å². The van der Waals surface area contributed by atoms with Crippen molar-refractivity contribution in [2.75, 3.05) is 12.4 Å². The molecule has 0 bridgehead atoms. The number of benzene rings is 1. The summed E-state index contributed by atoms with van der Waals surface area (Å²) in [5.41, 5.74) is 2.30. The molecule has 2 N–H and O–H groups in total. The van der Waals surface area contributed by atoms with Crippen LogP contribution in [0, 0.1) is 0 Å². The zero-order chi connectivity index (χ0) is 17.1. The predicted octanol–water partition coefficient (Wildman–Crippen LogP) is 3.94. The number of anilines is 1. The van der Waals surface area contributed by atoms with E-state index in [1.54, 1.807) is 41.9 Å². The van der Waals surface area contributed by atoms with Crippen LogP contribution in [0.2, 0.25) is 0 Å². The number of thiazole rings is 1. The molecule has 1 amide bonds. The van der Waals surface area contributed by atoms with E-state index in [0.29, 0.717) is 22.1 Å². The number of carbonyl (C=O) groups excluding carboxylic acids is 2. The Morgan fingerprint density at radius 1 is 1.29 bits per heavy atom. The van der Waals surface area contributed by atoms with Gasteiger partial charge in [0.15, 0.2) is 5.13 Å². The average Bonchev–Trinajstić information content (AvgIpc) is 3.23. The summed E-state index contributed by atoms with van der Waals surface area (Å²) in [5, 5.41) is 5.05. The van der Waals surface area contributed by atoms with Crippen molar-refractivity contribution in [3.63, 3.8) is 0 Å². The molecule has 0 aliphatic rings. The number of halogens is 1. The molecule has 0 saturated carbocycles. The first kappa shape index (κ1) is 16.4. The zero-order valence-corrected chi connectivity index (χ0v) is 14.9. The first-order valence-electron chi connectivity index (χ1n) is 6.86. The van der Waals surface area contributed by atoms with E-state index in [0.717, 1.165) is 10.0 Å². The molecule has 0 radical (unpaired) electrons. The van der Waals surface area contributed by atoms with Crippen LogP contribution in [0.4, 0.5) is 5.13 Å². The minimum atomic E-state index is -0.444. The molecule has 0 fully saturated rings. The van der Waals surface area contributed by atoms with Crippen LogP contribution in [-0.4, -0.2) is 29.0 Å². The minimum absolute atomic E-state index is 0.229. The van der Waals surface area contributed by atoms with Gasteiger partial charge in [-0.05, 0) is 30.3 Å². The number of ether oxygens (including phenoxy) is 1. The molecule has 0 aliphatic carbocycles. The number of nitrogens with one attached hydrogen (secondary N) is 2. The van der Waals surface area contributed by atoms with Crippen LogP contribution in [0.3, 0.4) is 0 Å². The summed E-state index contributed by atoms with van der Waals surface area (Å²) < 4.78 is 5.56. The van der Waals surface area contributed by atoms with Crippen molar-refractivity contribution >= 4 is 44.3 Å². The SMILES string of the molecule is COC(=O)c1cc(-c2csc(NC(=O)c3ccc(Br)cc3)n2)c[nH]1. The Balaban J connectivity index is 1.73. The summed E-state index contributed by atoms with van der Waals surface area (Å²) in [6.45, 7) is 0. The summed E-state index contributed by atoms with van der Waals surface area (Å²) >= 11 is 4.64. The Hall–Kier alpha value is -2.45. The molecule has 3 aromatic rings. The van der Waals surface area contributed by atoms with Gasteiger partial charge in [-0.25, -0.2) is 9.78 Å². The lowest BCUT2D eigenvalue weighted by molar-refractivity contribution is 0.0594. The molecular weight excluding hydrogens is 394 g/mol. The number of H-pyrrole nitrogens is 1. The van der Waals surface area contributed by atoms with E-state index in [9.17, 15) is 9.59 Å². The zero-order valence-electron chi connectivity index (χ0n) is 12.5. The van der Waals surface area contributed by atoms with Crippen molar-refractivity contribution in [3.8, 4) is 11.3 Å². The smallest absolute Gasteiger partial charge is 0.354 e. The van der Waals surface area contributed by atoms with Crippen LogP contribution in [-0.2, 0) is 4.74 Å². The van der Waals surface area contributed by atoms with E-state index in [1.165, 1.54) is 18.4 Å². The summed E-state index contributed by atoms with van der Waals surface area (Å²) in [4.78, 5) is 30.8. The molecule has 0 unspecified atom stereocenters. The maximum atomic E-state index is 12.2. The number of aromatic amines is 1. The number of hydrogen-bond acceptors (Lipinski definition) is 5. The Labute approximate surface area is 150 Å². The van der Waals surface area contributed by atoms with Gasteiger partial charge in [-0.2, -0.15) is 0 Å². The van der Waals surface area contributed by atoms with Crippen LogP contribution in [0.1, 0.15) is 20.8 Å². The fourth-order valence-electron chi connectivity index (χ4n) is 2.00. The predicted molar refractivity (Wildman–Crippen MR) is 95.3 cm³/mol. The number of hydrogen-bond donors (Lipinski definition) is 2. The fourth-order valence-corrected chi connectivity index (χ4v) is 2.98. The molecule has 8 heteroatoms. The molecule has 0 aliphatic heterocycles. The molecule has 2 heterocycles. The highest BCUT2D eigenvalue weighted by Crippen LogP contribution is 2.26. The van der Waals surface area contributed by atoms with E-state index >= 15 is 0 Å². The van der Waals surface area contributed by atoms with E-state index < -0.39 is 5.97 Å². The van der Waals surface area contributed by atoms with E-state index in [2.05, 4.69) is 36.0 Å². The second-order valence-corrected chi connectivity index (χ2v) is 6.57. The number of methoxy groups -OCH3 is 1. The highest BCUT2D eigenvalue weighted by atomic mass is 79.9. The fraction of sp³-hybridized carbons (Fsp3) is 0.0625. The van der Waals surface area contributed by atoms with Crippen LogP contribution >= 0.6 is 27.3 Å². The number of esters is 1. The first-order valence-corrected chi connectivity index (χ1v) is 8.53. The Kier molecular flexibility index (Phi) is 4.77. The molecule has 1 aromatic carbocycles. The van der Waals surface area contributed by atoms with E-state index in [-0.39, 0.29) is 5.91 Å². The van der Waals surface area contributed by atoms with Gasteiger partial charge in [-0.3, -0.25) is 10.1 Å². The van der Waals surface area contributed by atoms with Crippen molar-refractivity contribution in [3.05, 3.63) is 57.6 Å². The van der Waals surface area contributed by atoms with Crippen molar-refractivity contribution in [1.82, 2.24) is 9.97 Å². The van der Waals surface area contributed by atoms with E-state index in [4.69, 9.17) is 0 Å². The third kappa shape index (κ3) is 3.55. The average molecular weight is 406 g/mol. The second-order valence-electron chi connectivity index (χ2n) is 4.79. The monoisotopic (exact) mass is 405 g/mol. The normalized spacial score (nSPS) is 10.4. The largest absolute Gasteiger partial charge is 0.464 e. The van der Waals surface area contributed by atoms with Gasteiger partial charge >= 0.3 is 5.97 Å². The summed E-state index contributed by atoms with van der Waals surface area (Å²) in [5.74, 6) is -0.673. The molecule has 0 atom stereocenters. The Morgan fingerprint density at radius 2 is 2.04 bits per heavy atom. The maximum Gasteiger partial charge on any atom is 0.354 e. The highest BCUT2D eigenvalue weighted by Gasteiger charge is 2.13. The molecule has 24 heavy (non-hydrogen) atoms. The van der Waals surface area contributed by atoms with Crippen LogP contribution in [0.25, 0.3) is 11.3 Å². The molecule has 122 valence electrons. The molecule has 3 rings (SSSR count). The molecule has 2 aromatic heterocycles. The van der Waals surface area contributed by atoms with Crippen LogP contribution < -0.4 is 5.32 Å². The van der Waals surface area contributed by atoms with Gasteiger partial charge in [0.25, 0.3) is 5.91 Å². The third-order valence-corrected chi connectivity index (χ3v) is 4.50. The van der Waals surface area contributed by atoms with Crippen LogP contribution in [0.5, 0.6) is 0 Å². The van der Waals surface area contributed by atoms with Gasteiger partial charge in [0.1, 0.15) is 5.69 Å². The van der Waals surface area contributed by atoms with Gasteiger partial charge in [-0.1, -0.05) is 15.9 Å². The lowest BCUT2D eigenvalue weighted by Gasteiger charge is -2.01. The number of aromatic nitrogens is 2. The molecule has 0 saturated heterocycles. The molecular formula is C16H12BrN3O3S. The van der Waals surface area contributed by atoms with Crippen molar-refractivity contribution in [2.24, 2.45) is 0 Å². The lowest BCUT2D eigenvalue weighted by Crippen LogP contribution is -2.11. The van der Waals surface area contributed by atoms with Gasteiger partial charge < -0.3 is 9.72 Å².